The van der Waals surface area contributed by atoms with Gasteiger partial charge in [0.1, 0.15) is 0 Å². The van der Waals surface area contributed by atoms with Crippen molar-refractivity contribution in [3.05, 3.63) is 88.8 Å². The molecule has 4 rings (SSSR count). The number of halogens is 1. The summed E-state index contributed by atoms with van der Waals surface area (Å²) in [5.74, 6) is -0.140. The molecule has 5 nitrogen and oxygen atoms in total. The molecule has 2 aromatic heterocycles. The van der Waals surface area contributed by atoms with Gasteiger partial charge in [0.2, 0.25) is 0 Å². The smallest absolute Gasteiger partial charge is 0.268 e. The minimum absolute atomic E-state index is 0.140. The van der Waals surface area contributed by atoms with E-state index in [2.05, 4.69) is 15.0 Å². The summed E-state index contributed by atoms with van der Waals surface area (Å²) in [5, 5.41) is 0.963. The Hall–Kier alpha value is -2.96. The molecule has 1 aromatic carbocycles. The standard InChI is InChI=1S/C20H13ClN4OS/c21-16-13-23-10-8-17(16)24-20-25(15-6-2-1-3-7-15)19(26)18(27-20)11-14-5-4-9-22-12-14/h1-13H/b18-11-,24-20?. The molecule has 1 saturated heterocycles. The molecule has 0 radical (unpaired) electrons. The van der Waals surface area contributed by atoms with Crippen LogP contribution in [0.3, 0.4) is 0 Å². The number of carbonyl (C=O) groups is 1. The zero-order valence-corrected chi connectivity index (χ0v) is 15.6. The predicted octanol–water partition coefficient (Wildman–Crippen LogP) is 4.94. The van der Waals surface area contributed by atoms with Crippen LogP contribution in [0.4, 0.5) is 11.4 Å². The van der Waals surface area contributed by atoms with Gasteiger partial charge in [-0.1, -0.05) is 35.9 Å². The number of rotatable bonds is 3. The first-order valence-electron chi connectivity index (χ1n) is 8.09. The molecule has 1 fully saturated rings. The number of thioether (sulfide) groups is 1. The van der Waals surface area contributed by atoms with Crippen LogP contribution in [0.5, 0.6) is 0 Å². The molecule has 3 heterocycles. The van der Waals surface area contributed by atoms with E-state index in [1.165, 1.54) is 18.0 Å². The second-order valence-electron chi connectivity index (χ2n) is 5.59. The number of amides is 1. The van der Waals surface area contributed by atoms with Crippen LogP contribution in [0.15, 0.2) is 83.2 Å². The summed E-state index contributed by atoms with van der Waals surface area (Å²) in [6.07, 6.45) is 8.36. The van der Waals surface area contributed by atoms with Gasteiger partial charge < -0.3 is 0 Å². The fraction of sp³-hybridized carbons (Fsp3) is 0. The SMILES string of the molecule is O=C1/C(=C/c2cccnc2)SC(=Nc2ccncc2Cl)N1c1ccccc1. The second-order valence-corrected chi connectivity index (χ2v) is 7.01. The summed E-state index contributed by atoms with van der Waals surface area (Å²) in [7, 11) is 0. The van der Waals surface area contributed by atoms with Gasteiger partial charge in [-0.25, -0.2) is 4.99 Å². The summed E-state index contributed by atoms with van der Waals surface area (Å²) >= 11 is 7.49. The Kier molecular flexibility index (Phi) is 5.00. The molecule has 1 aliphatic heterocycles. The fourth-order valence-corrected chi connectivity index (χ4v) is 3.68. The molecule has 27 heavy (non-hydrogen) atoms. The second kappa shape index (κ2) is 7.73. The monoisotopic (exact) mass is 392 g/mol. The highest BCUT2D eigenvalue weighted by Crippen LogP contribution is 2.38. The number of benzene rings is 1. The third-order valence-electron chi connectivity index (χ3n) is 3.77. The molecule has 3 aromatic rings. The fourth-order valence-electron chi connectivity index (χ4n) is 2.53. The van der Waals surface area contributed by atoms with Gasteiger partial charge in [0.15, 0.2) is 5.17 Å². The van der Waals surface area contributed by atoms with Crippen LogP contribution in [0, 0.1) is 0 Å². The summed E-state index contributed by atoms with van der Waals surface area (Å²) in [6, 6.07) is 14.9. The van der Waals surface area contributed by atoms with E-state index in [0.717, 1.165) is 11.3 Å². The lowest BCUT2D eigenvalue weighted by molar-refractivity contribution is -0.113. The summed E-state index contributed by atoms with van der Waals surface area (Å²) in [4.78, 5) is 27.9. The number of anilines is 1. The lowest BCUT2D eigenvalue weighted by Gasteiger charge is -2.15. The Morgan fingerprint density at radius 1 is 1.00 bits per heavy atom. The number of nitrogens with zero attached hydrogens (tertiary/aromatic N) is 4. The van der Waals surface area contributed by atoms with E-state index >= 15 is 0 Å². The van der Waals surface area contributed by atoms with Crippen LogP contribution < -0.4 is 4.90 Å². The van der Waals surface area contributed by atoms with Crippen LogP contribution in [-0.2, 0) is 4.79 Å². The Balaban J connectivity index is 1.79. The van der Waals surface area contributed by atoms with E-state index in [1.54, 1.807) is 29.6 Å². The molecule has 1 amide bonds. The predicted molar refractivity (Wildman–Crippen MR) is 110 cm³/mol. The average molecular weight is 393 g/mol. The quantitative estimate of drug-likeness (QED) is 0.592. The zero-order valence-electron chi connectivity index (χ0n) is 14.0. The molecule has 0 saturated carbocycles. The van der Waals surface area contributed by atoms with Crippen LogP contribution in [0.1, 0.15) is 5.56 Å². The average Bonchev–Trinajstić information content (AvgIpc) is 3.00. The maximum absolute atomic E-state index is 13.1. The van der Waals surface area contributed by atoms with Crippen molar-refractivity contribution >= 4 is 51.9 Å². The molecule has 0 atom stereocenters. The number of para-hydroxylation sites is 1. The molecule has 0 spiro atoms. The Morgan fingerprint density at radius 3 is 2.56 bits per heavy atom. The van der Waals surface area contributed by atoms with Gasteiger partial charge in [0, 0.05) is 24.8 Å². The zero-order chi connectivity index (χ0) is 18.6. The lowest BCUT2D eigenvalue weighted by atomic mass is 10.2. The van der Waals surface area contributed by atoms with Crippen molar-refractivity contribution in [3.8, 4) is 0 Å². The van der Waals surface area contributed by atoms with E-state index < -0.39 is 0 Å². The highest BCUT2D eigenvalue weighted by Gasteiger charge is 2.34. The first kappa shape index (κ1) is 17.5. The van der Waals surface area contributed by atoms with Crippen LogP contribution >= 0.6 is 23.4 Å². The Morgan fingerprint density at radius 2 is 1.81 bits per heavy atom. The third-order valence-corrected chi connectivity index (χ3v) is 5.03. The molecule has 1 aliphatic rings. The topological polar surface area (TPSA) is 58.5 Å². The van der Waals surface area contributed by atoms with Gasteiger partial charge in [-0.3, -0.25) is 19.7 Å². The number of amidine groups is 1. The van der Waals surface area contributed by atoms with Crippen LogP contribution in [0.25, 0.3) is 6.08 Å². The van der Waals surface area contributed by atoms with Crippen molar-refractivity contribution in [2.24, 2.45) is 4.99 Å². The first-order valence-corrected chi connectivity index (χ1v) is 9.29. The molecule has 0 bridgehead atoms. The van der Waals surface area contributed by atoms with Crippen molar-refractivity contribution in [1.82, 2.24) is 9.97 Å². The van der Waals surface area contributed by atoms with Gasteiger partial charge in [0.05, 0.1) is 21.3 Å². The maximum atomic E-state index is 13.1. The van der Waals surface area contributed by atoms with Crippen molar-refractivity contribution < 1.29 is 4.79 Å². The number of hydrogen-bond donors (Lipinski definition) is 0. The highest BCUT2D eigenvalue weighted by atomic mass is 35.5. The molecule has 132 valence electrons. The van der Waals surface area contributed by atoms with Gasteiger partial charge >= 0.3 is 0 Å². The minimum atomic E-state index is -0.140. The molecular formula is C20H13ClN4OS. The van der Waals surface area contributed by atoms with Crippen LogP contribution in [-0.4, -0.2) is 21.0 Å². The Labute approximate surface area is 165 Å². The van der Waals surface area contributed by atoms with Gasteiger partial charge in [0.25, 0.3) is 5.91 Å². The Bertz CT molecular complexity index is 1040. The highest BCUT2D eigenvalue weighted by molar-refractivity contribution is 8.19. The first-order chi connectivity index (χ1) is 13.2. The molecule has 0 aliphatic carbocycles. The van der Waals surface area contributed by atoms with Gasteiger partial charge in [-0.15, -0.1) is 0 Å². The van der Waals surface area contributed by atoms with E-state index in [1.807, 2.05) is 48.5 Å². The molecule has 0 unspecified atom stereocenters. The van der Waals surface area contributed by atoms with E-state index in [0.29, 0.717) is 20.8 Å². The van der Waals surface area contributed by atoms with Crippen molar-refractivity contribution in [2.75, 3.05) is 4.90 Å². The normalized spacial score (nSPS) is 17.1. The largest absolute Gasteiger partial charge is 0.271 e. The summed E-state index contributed by atoms with van der Waals surface area (Å²) in [6.45, 7) is 0. The molecular weight excluding hydrogens is 380 g/mol. The third kappa shape index (κ3) is 3.77. The van der Waals surface area contributed by atoms with Gasteiger partial charge in [-0.2, -0.15) is 0 Å². The van der Waals surface area contributed by atoms with E-state index in [-0.39, 0.29) is 5.91 Å². The van der Waals surface area contributed by atoms with Gasteiger partial charge in [-0.05, 0) is 47.7 Å². The van der Waals surface area contributed by atoms with E-state index in [9.17, 15) is 4.79 Å². The number of carbonyl (C=O) groups excluding carboxylic acids is 1. The van der Waals surface area contributed by atoms with Crippen molar-refractivity contribution in [1.29, 1.82) is 0 Å². The van der Waals surface area contributed by atoms with Crippen molar-refractivity contribution in [3.63, 3.8) is 0 Å². The number of hydrogen-bond acceptors (Lipinski definition) is 5. The number of aromatic nitrogens is 2. The molecule has 0 N–H and O–H groups in total. The van der Waals surface area contributed by atoms with Crippen molar-refractivity contribution in [2.45, 2.75) is 0 Å². The van der Waals surface area contributed by atoms with E-state index in [4.69, 9.17) is 11.6 Å². The minimum Gasteiger partial charge on any atom is -0.268 e. The summed E-state index contributed by atoms with van der Waals surface area (Å²) in [5.41, 5.74) is 2.16. The lowest BCUT2D eigenvalue weighted by Crippen LogP contribution is -2.28. The number of aliphatic imine (C=N–C) groups is 1. The molecule has 7 heteroatoms. The van der Waals surface area contributed by atoms with Crippen LogP contribution in [0.2, 0.25) is 5.02 Å². The number of pyridine rings is 2. The maximum Gasteiger partial charge on any atom is 0.271 e. The summed E-state index contributed by atoms with van der Waals surface area (Å²) < 4.78 is 0.